The molecule has 0 unspecified atom stereocenters. The van der Waals surface area contributed by atoms with Crippen LogP contribution in [0.25, 0.3) is 0 Å². The monoisotopic (exact) mass is 253 g/mol. The first-order valence-electron chi connectivity index (χ1n) is 4.89. The fraction of sp³-hybridized carbons (Fsp3) is 0.667. The van der Waals surface area contributed by atoms with E-state index in [1.807, 2.05) is 0 Å². The van der Waals surface area contributed by atoms with Gasteiger partial charge in [0.2, 0.25) is 0 Å². The molecule has 2 rings (SSSR count). The third-order valence-electron chi connectivity index (χ3n) is 2.48. The van der Waals surface area contributed by atoms with Crippen LogP contribution < -0.4 is 0 Å². The molecule has 1 aliphatic rings. The van der Waals surface area contributed by atoms with E-state index in [4.69, 9.17) is 11.6 Å². The molecular formula is C9H11ClF3N3. The molecule has 90 valence electrons. The lowest BCUT2D eigenvalue weighted by Gasteiger charge is -2.39. The van der Waals surface area contributed by atoms with Gasteiger partial charge in [0.15, 0.2) is 0 Å². The standard InChI is InChI=1S/C9H11ClF3N3/c10-8-1-14-16(5-8)4-7-2-15(3-7)6-9(11,12)13/h1,5,7H,2-4,6H2. The van der Waals surface area contributed by atoms with Gasteiger partial charge in [0, 0.05) is 31.7 Å². The lowest BCUT2D eigenvalue weighted by Crippen LogP contribution is -2.51. The van der Waals surface area contributed by atoms with Crippen LogP contribution in [0.1, 0.15) is 0 Å². The summed E-state index contributed by atoms with van der Waals surface area (Å²) in [6, 6.07) is 0. The second-order valence-corrected chi connectivity index (χ2v) is 4.49. The van der Waals surface area contributed by atoms with Crippen molar-refractivity contribution in [2.24, 2.45) is 5.92 Å². The highest BCUT2D eigenvalue weighted by Crippen LogP contribution is 2.24. The smallest absolute Gasteiger partial charge is 0.294 e. The average molecular weight is 254 g/mol. The predicted octanol–water partition coefficient (Wildman–Crippen LogP) is 2.03. The summed E-state index contributed by atoms with van der Waals surface area (Å²) < 4.78 is 37.7. The maximum atomic E-state index is 12.0. The van der Waals surface area contributed by atoms with E-state index in [-0.39, 0.29) is 5.92 Å². The van der Waals surface area contributed by atoms with Crippen molar-refractivity contribution in [1.29, 1.82) is 0 Å². The van der Waals surface area contributed by atoms with E-state index in [1.165, 1.54) is 11.1 Å². The molecule has 2 heterocycles. The number of nitrogens with zero attached hydrogens (tertiary/aromatic N) is 3. The first-order chi connectivity index (χ1) is 7.42. The lowest BCUT2D eigenvalue weighted by atomic mass is 10.0. The molecule has 16 heavy (non-hydrogen) atoms. The van der Waals surface area contributed by atoms with Crippen molar-refractivity contribution >= 4 is 11.6 Å². The van der Waals surface area contributed by atoms with Crippen LogP contribution in [0.5, 0.6) is 0 Å². The molecule has 0 aromatic carbocycles. The van der Waals surface area contributed by atoms with Gasteiger partial charge in [-0.3, -0.25) is 9.58 Å². The summed E-state index contributed by atoms with van der Waals surface area (Å²) in [4.78, 5) is 1.38. The van der Waals surface area contributed by atoms with Gasteiger partial charge in [-0.15, -0.1) is 0 Å². The van der Waals surface area contributed by atoms with Gasteiger partial charge < -0.3 is 0 Å². The van der Waals surface area contributed by atoms with Crippen LogP contribution in [-0.4, -0.2) is 40.5 Å². The van der Waals surface area contributed by atoms with Crippen molar-refractivity contribution in [3.05, 3.63) is 17.4 Å². The highest BCUT2D eigenvalue weighted by molar-refractivity contribution is 6.30. The number of hydrogen-bond acceptors (Lipinski definition) is 2. The Kier molecular flexibility index (Phi) is 3.12. The minimum absolute atomic E-state index is 0.235. The molecule has 1 aromatic heterocycles. The van der Waals surface area contributed by atoms with Gasteiger partial charge in [-0.2, -0.15) is 18.3 Å². The molecule has 0 N–H and O–H groups in total. The van der Waals surface area contributed by atoms with Gasteiger partial charge >= 0.3 is 6.18 Å². The first kappa shape index (κ1) is 11.7. The van der Waals surface area contributed by atoms with E-state index in [2.05, 4.69) is 5.10 Å². The Morgan fingerprint density at radius 1 is 1.44 bits per heavy atom. The predicted molar refractivity (Wildman–Crippen MR) is 53.2 cm³/mol. The molecule has 0 spiro atoms. The van der Waals surface area contributed by atoms with Crippen molar-refractivity contribution < 1.29 is 13.2 Å². The van der Waals surface area contributed by atoms with Crippen molar-refractivity contribution in [3.63, 3.8) is 0 Å². The Morgan fingerprint density at radius 3 is 2.62 bits per heavy atom. The van der Waals surface area contributed by atoms with E-state index in [1.54, 1.807) is 10.9 Å². The summed E-state index contributed by atoms with van der Waals surface area (Å²) in [6.45, 7) is 0.748. The summed E-state index contributed by atoms with van der Waals surface area (Å²) in [6.07, 6.45) is -0.901. The van der Waals surface area contributed by atoms with E-state index < -0.39 is 12.7 Å². The van der Waals surface area contributed by atoms with Gasteiger partial charge in [-0.05, 0) is 0 Å². The molecule has 1 aliphatic heterocycles. The van der Waals surface area contributed by atoms with Crippen LogP contribution in [0, 0.1) is 5.92 Å². The molecular weight excluding hydrogens is 243 g/mol. The van der Waals surface area contributed by atoms with Gasteiger partial charge in [0.1, 0.15) is 0 Å². The summed E-state index contributed by atoms with van der Waals surface area (Å²) in [7, 11) is 0. The molecule has 1 saturated heterocycles. The van der Waals surface area contributed by atoms with E-state index in [0.717, 1.165) is 0 Å². The molecule has 0 amide bonds. The number of halogens is 4. The zero-order chi connectivity index (χ0) is 11.8. The van der Waals surface area contributed by atoms with Crippen LogP contribution in [0.2, 0.25) is 5.02 Å². The Morgan fingerprint density at radius 2 is 2.12 bits per heavy atom. The van der Waals surface area contributed by atoms with E-state index in [9.17, 15) is 13.2 Å². The number of aromatic nitrogens is 2. The molecule has 0 saturated carbocycles. The third kappa shape index (κ3) is 3.12. The van der Waals surface area contributed by atoms with Gasteiger partial charge in [-0.1, -0.05) is 11.6 Å². The van der Waals surface area contributed by atoms with Crippen LogP contribution in [-0.2, 0) is 6.54 Å². The minimum atomic E-state index is -4.10. The SMILES string of the molecule is FC(F)(F)CN1CC(Cn2cc(Cl)cn2)C1. The zero-order valence-corrected chi connectivity index (χ0v) is 9.17. The molecule has 3 nitrogen and oxygen atoms in total. The number of alkyl halides is 3. The van der Waals surface area contributed by atoms with Crippen LogP contribution in [0.15, 0.2) is 12.4 Å². The summed E-state index contributed by atoms with van der Waals surface area (Å²) in [5.74, 6) is 0.235. The Labute approximate surface area is 95.8 Å². The van der Waals surface area contributed by atoms with E-state index >= 15 is 0 Å². The second kappa shape index (κ2) is 4.25. The van der Waals surface area contributed by atoms with Crippen molar-refractivity contribution in [3.8, 4) is 0 Å². The molecule has 0 atom stereocenters. The van der Waals surface area contributed by atoms with Crippen molar-refractivity contribution in [2.45, 2.75) is 12.7 Å². The summed E-state index contributed by atoms with van der Waals surface area (Å²) in [5, 5.41) is 4.53. The number of rotatable bonds is 3. The van der Waals surface area contributed by atoms with Crippen molar-refractivity contribution in [1.82, 2.24) is 14.7 Å². The Balaban J connectivity index is 1.73. The molecule has 0 radical (unpaired) electrons. The Hall–Kier alpha value is -0.750. The third-order valence-corrected chi connectivity index (χ3v) is 2.68. The average Bonchev–Trinajstić information content (AvgIpc) is 2.45. The Bertz CT molecular complexity index is 357. The van der Waals surface area contributed by atoms with Crippen LogP contribution in [0.3, 0.4) is 0 Å². The number of likely N-dealkylation sites (tertiary alicyclic amines) is 1. The number of hydrogen-bond donors (Lipinski definition) is 0. The first-order valence-corrected chi connectivity index (χ1v) is 5.27. The van der Waals surface area contributed by atoms with Crippen molar-refractivity contribution in [2.75, 3.05) is 19.6 Å². The molecule has 7 heteroatoms. The fourth-order valence-corrected chi connectivity index (χ4v) is 2.03. The minimum Gasteiger partial charge on any atom is -0.294 e. The summed E-state index contributed by atoms with van der Waals surface area (Å²) >= 11 is 5.68. The van der Waals surface area contributed by atoms with Gasteiger partial charge in [-0.25, -0.2) is 0 Å². The maximum absolute atomic E-state index is 12.0. The normalized spacial score (nSPS) is 18.8. The molecule has 1 aromatic rings. The zero-order valence-electron chi connectivity index (χ0n) is 8.41. The van der Waals surface area contributed by atoms with Crippen LogP contribution >= 0.6 is 11.6 Å². The molecule has 0 bridgehead atoms. The van der Waals surface area contributed by atoms with Gasteiger partial charge in [0.05, 0.1) is 17.8 Å². The highest BCUT2D eigenvalue weighted by Gasteiger charge is 2.36. The molecule has 1 fully saturated rings. The van der Waals surface area contributed by atoms with Gasteiger partial charge in [0.25, 0.3) is 0 Å². The largest absolute Gasteiger partial charge is 0.401 e. The highest BCUT2D eigenvalue weighted by atomic mass is 35.5. The lowest BCUT2D eigenvalue weighted by molar-refractivity contribution is -0.159. The topological polar surface area (TPSA) is 21.1 Å². The molecule has 0 aliphatic carbocycles. The quantitative estimate of drug-likeness (QED) is 0.822. The second-order valence-electron chi connectivity index (χ2n) is 4.06. The fourth-order valence-electron chi connectivity index (χ4n) is 1.88. The van der Waals surface area contributed by atoms with Crippen LogP contribution in [0.4, 0.5) is 13.2 Å². The maximum Gasteiger partial charge on any atom is 0.401 e. The van der Waals surface area contributed by atoms with E-state index in [0.29, 0.717) is 24.7 Å². The summed E-state index contributed by atoms with van der Waals surface area (Å²) in [5.41, 5.74) is 0.